The van der Waals surface area contributed by atoms with E-state index in [1.54, 1.807) is 7.11 Å². The standard InChI is InChI=1S/C20H26N4O3/c1-13-15(7-8-18(25)26)19(23-20(21)22-13)24-11-9-14(10-12-24)16-5-3-4-6-17(16)27-2/h3-6,14H,7-12H2,1-2H3,(H,25,26)(H2,21,22,23). The number of para-hydroxylation sites is 1. The normalized spacial score (nSPS) is 15.0. The highest BCUT2D eigenvalue weighted by molar-refractivity contribution is 5.68. The molecule has 7 nitrogen and oxygen atoms in total. The van der Waals surface area contributed by atoms with Crippen molar-refractivity contribution in [2.75, 3.05) is 30.8 Å². The molecule has 0 spiro atoms. The van der Waals surface area contributed by atoms with Crippen LogP contribution in [0.15, 0.2) is 24.3 Å². The van der Waals surface area contributed by atoms with E-state index in [0.717, 1.165) is 48.8 Å². The number of piperidine rings is 1. The van der Waals surface area contributed by atoms with Crippen molar-refractivity contribution in [1.82, 2.24) is 9.97 Å². The van der Waals surface area contributed by atoms with E-state index in [1.165, 1.54) is 5.56 Å². The van der Waals surface area contributed by atoms with Gasteiger partial charge in [-0.15, -0.1) is 0 Å². The molecule has 1 fully saturated rings. The molecule has 3 N–H and O–H groups in total. The topological polar surface area (TPSA) is 102 Å². The molecule has 0 atom stereocenters. The van der Waals surface area contributed by atoms with E-state index in [0.29, 0.717) is 12.3 Å². The molecule has 1 saturated heterocycles. The van der Waals surface area contributed by atoms with Crippen LogP contribution in [0, 0.1) is 6.92 Å². The summed E-state index contributed by atoms with van der Waals surface area (Å²) in [5.74, 6) is 1.54. The molecule has 1 aliphatic rings. The third-order valence-corrected chi connectivity index (χ3v) is 5.17. The second kappa shape index (κ2) is 8.24. The van der Waals surface area contributed by atoms with Crippen molar-refractivity contribution in [1.29, 1.82) is 0 Å². The number of aromatic nitrogens is 2. The average molecular weight is 370 g/mol. The fraction of sp³-hybridized carbons (Fsp3) is 0.450. The van der Waals surface area contributed by atoms with Gasteiger partial charge in [-0.2, -0.15) is 4.98 Å². The van der Waals surface area contributed by atoms with Gasteiger partial charge in [-0.05, 0) is 43.7 Å². The minimum Gasteiger partial charge on any atom is -0.496 e. The first-order valence-electron chi connectivity index (χ1n) is 9.22. The molecular weight excluding hydrogens is 344 g/mol. The molecule has 0 saturated carbocycles. The lowest BCUT2D eigenvalue weighted by Gasteiger charge is -2.34. The van der Waals surface area contributed by atoms with Gasteiger partial charge < -0.3 is 20.5 Å². The maximum atomic E-state index is 11.0. The molecular formula is C20H26N4O3. The summed E-state index contributed by atoms with van der Waals surface area (Å²) in [6.07, 6.45) is 2.41. The zero-order chi connectivity index (χ0) is 19.4. The number of anilines is 2. The zero-order valence-corrected chi connectivity index (χ0v) is 15.8. The van der Waals surface area contributed by atoms with Gasteiger partial charge in [-0.1, -0.05) is 18.2 Å². The van der Waals surface area contributed by atoms with E-state index in [9.17, 15) is 4.79 Å². The molecule has 1 aromatic heterocycles. The number of hydrogen-bond acceptors (Lipinski definition) is 6. The number of methoxy groups -OCH3 is 1. The Morgan fingerprint density at radius 1 is 1.30 bits per heavy atom. The summed E-state index contributed by atoms with van der Waals surface area (Å²) in [5.41, 5.74) is 8.74. The molecule has 0 radical (unpaired) electrons. The van der Waals surface area contributed by atoms with Gasteiger partial charge in [0.25, 0.3) is 0 Å². The van der Waals surface area contributed by atoms with Gasteiger partial charge in [0.1, 0.15) is 11.6 Å². The highest BCUT2D eigenvalue weighted by Gasteiger charge is 2.26. The Hall–Kier alpha value is -2.83. The number of carboxylic acid groups (broad SMARTS) is 1. The number of rotatable bonds is 6. The van der Waals surface area contributed by atoms with E-state index >= 15 is 0 Å². The highest BCUT2D eigenvalue weighted by atomic mass is 16.5. The summed E-state index contributed by atoms with van der Waals surface area (Å²) in [5, 5.41) is 9.04. The van der Waals surface area contributed by atoms with Gasteiger partial charge in [0.15, 0.2) is 0 Å². The van der Waals surface area contributed by atoms with Crippen molar-refractivity contribution in [3.05, 3.63) is 41.1 Å². The Morgan fingerprint density at radius 3 is 2.67 bits per heavy atom. The smallest absolute Gasteiger partial charge is 0.303 e. The number of aryl methyl sites for hydroxylation is 1. The van der Waals surface area contributed by atoms with Crippen LogP contribution in [0.4, 0.5) is 11.8 Å². The van der Waals surface area contributed by atoms with Gasteiger partial charge in [0.2, 0.25) is 5.95 Å². The molecule has 144 valence electrons. The van der Waals surface area contributed by atoms with Gasteiger partial charge >= 0.3 is 5.97 Å². The van der Waals surface area contributed by atoms with Crippen molar-refractivity contribution < 1.29 is 14.6 Å². The quantitative estimate of drug-likeness (QED) is 0.806. The van der Waals surface area contributed by atoms with E-state index in [-0.39, 0.29) is 12.4 Å². The minimum absolute atomic E-state index is 0.0544. The number of nitrogens with zero attached hydrogens (tertiary/aromatic N) is 3. The summed E-state index contributed by atoms with van der Waals surface area (Å²) in [7, 11) is 1.70. The van der Waals surface area contributed by atoms with Crippen LogP contribution in [-0.4, -0.2) is 41.2 Å². The van der Waals surface area contributed by atoms with Gasteiger partial charge in [0, 0.05) is 30.8 Å². The average Bonchev–Trinajstić information content (AvgIpc) is 2.66. The van der Waals surface area contributed by atoms with Crippen LogP contribution < -0.4 is 15.4 Å². The number of aliphatic carboxylic acids is 1. The molecule has 3 rings (SSSR count). The largest absolute Gasteiger partial charge is 0.496 e. The lowest BCUT2D eigenvalue weighted by atomic mass is 9.88. The molecule has 7 heteroatoms. The second-order valence-electron chi connectivity index (χ2n) is 6.87. The molecule has 27 heavy (non-hydrogen) atoms. The molecule has 1 aromatic carbocycles. The van der Waals surface area contributed by atoms with Gasteiger partial charge in [0.05, 0.1) is 7.11 Å². The SMILES string of the molecule is COc1ccccc1C1CCN(c2nc(N)nc(C)c2CCC(=O)O)CC1. The third kappa shape index (κ3) is 4.30. The fourth-order valence-electron chi connectivity index (χ4n) is 3.79. The number of benzene rings is 1. The van der Waals surface area contributed by atoms with Crippen LogP contribution in [0.5, 0.6) is 5.75 Å². The van der Waals surface area contributed by atoms with E-state index < -0.39 is 5.97 Å². The van der Waals surface area contributed by atoms with Crippen molar-refractivity contribution in [2.24, 2.45) is 0 Å². The molecule has 2 aromatic rings. The predicted octanol–water partition coefficient (Wildman–Crippen LogP) is 2.78. The van der Waals surface area contributed by atoms with Crippen LogP contribution in [0.25, 0.3) is 0 Å². The van der Waals surface area contributed by atoms with Gasteiger partial charge in [-0.25, -0.2) is 4.98 Å². The number of carboxylic acids is 1. The van der Waals surface area contributed by atoms with Crippen molar-refractivity contribution >= 4 is 17.7 Å². The maximum absolute atomic E-state index is 11.0. The number of carbonyl (C=O) groups is 1. The minimum atomic E-state index is -0.827. The maximum Gasteiger partial charge on any atom is 0.303 e. The van der Waals surface area contributed by atoms with Crippen molar-refractivity contribution in [2.45, 2.75) is 38.5 Å². The van der Waals surface area contributed by atoms with Crippen LogP contribution in [-0.2, 0) is 11.2 Å². The van der Waals surface area contributed by atoms with Crippen LogP contribution >= 0.6 is 0 Å². The predicted molar refractivity (Wildman–Crippen MR) is 104 cm³/mol. The Balaban J connectivity index is 1.78. The van der Waals surface area contributed by atoms with E-state index in [1.807, 2.05) is 25.1 Å². The monoisotopic (exact) mass is 370 g/mol. The molecule has 0 bridgehead atoms. The zero-order valence-electron chi connectivity index (χ0n) is 15.8. The third-order valence-electron chi connectivity index (χ3n) is 5.17. The van der Waals surface area contributed by atoms with Crippen LogP contribution in [0.3, 0.4) is 0 Å². The second-order valence-corrected chi connectivity index (χ2v) is 6.87. The molecule has 0 aliphatic carbocycles. The van der Waals surface area contributed by atoms with Crippen molar-refractivity contribution in [3.8, 4) is 5.75 Å². The van der Waals surface area contributed by atoms with Gasteiger partial charge in [-0.3, -0.25) is 4.79 Å². The summed E-state index contributed by atoms with van der Waals surface area (Å²) in [6.45, 7) is 3.53. The number of ether oxygens (including phenoxy) is 1. The molecule has 0 amide bonds. The molecule has 0 unspecified atom stereocenters. The first-order valence-corrected chi connectivity index (χ1v) is 9.22. The highest BCUT2D eigenvalue weighted by Crippen LogP contribution is 2.36. The lowest BCUT2D eigenvalue weighted by molar-refractivity contribution is -0.136. The Bertz CT molecular complexity index is 817. The number of nitrogens with two attached hydrogens (primary N) is 1. The Kier molecular flexibility index (Phi) is 5.78. The first kappa shape index (κ1) is 18.9. The van der Waals surface area contributed by atoms with E-state index in [2.05, 4.69) is 20.9 Å². The van der Waals surface area contributed by atoms with Crippen molar-refractivity contribution in [3.63, 3.8) is 0 Å². The number of hydrogen-bond donors (Lipinski definition) is 2. The lowest BCUT2D eigenvalue weighted by Crippen LogP contribution is -2.35. The summed E-state index contributed by atoms with van der Waals surface area (Å²) < 4.78 is 5.51. The molecule has 2 heterocycles. The first-order chi connectivity index (χ1) is 13.0. The van der Waals surface area contributed by atoms with Crippen LogP contribution in [0.2, 0.25) is 0 Å². The Labute approximate surface area is 159 Å². The summed E-state index contributed by atoms with van der Waals surface area (Å²) in [6, 6.07) is 8.16. The molecule has 1 aliphatic heterocycles. The number of nitrogen functional groups attached to an aromatic ring is 1. The van der Waals surface area contributed by atoms with Crippen LogP contribution in [0.1, 0.15) is 42.0 Å². The summed E-state index contributed by atoms with van der Waals surface area (Å²) in [4.78, 5) is 21.9. The Morgan fingerprint density at radius 2 is 2.00 bits per heavy atom. The van der Waals surface area contributed by atoms with E-state index in [4.69, 9.17) is 15.6 Å². The fourth-order valence-corrected chi connectivity index (χ4v) is 3.79. The summed E-state index contributed by atoms with van der Waals surface area (Å²) >= 11 is 0.